The lowest BCUT2D eigenvalue weighted by molar-refractivity contribution is -0.389. The molecule has 0 aliphatic rings. The lowest BCUT2D eigenvalue weighted by atomic mass is 10.2. The van der Waals surface area contributed by atoms with Gasteiger partial charge in [-0.25, -0.2) is 0 Å². The highest BCUT2D eigenvalue weighted by molar-refractivity contribution is 5.27. The van der Waals surface area contributed by atoms with E-state index < -0.39 is 4.92 Å². The normalized spacial score (nSPS) is 10.1. The molecule has 0 saturated carbocycles. The van der Waals surface area contributed by atoms with Crippen molar-refractivity contribution in [1.29, 1.82) is 0 Å². The van der Waals surface area contributed by atoms with E-state index in [1.807, 2.05) is 31.2 Å². The van der Waals surface area contributed by atoms with Gasteiger partial charge in [-0.2, -0.15) is 0 Å². The first-order valence-electron chi connectivity index (χ1n) is 5.44. The standard InChI is InChI=1S/C13H12N2O3/c1-10-2-4-11(5-3-10)9-18-12-6-7-13(14-8-12)15(16)17/h2-8H,9H2,1H3. The monoisotopic (exact) mass is 244 g/mol. The van der Waals surface area contributed by atoms with Crippen LogP contribution in [0.3, 0.4) is 0 Å². The Bertz CT molecular complexity index is 535. The molecule has 1 aromatic carbocycles. The number of aryl methyl sites for hydroxylation is 1. The van der Waals surface area contributed by atoms with Gasteiger partial charge >= 0.3 is 5.82 Å². The van der Waals surface area contributed by atoms with Crippen molar-refractivity contribution in [2.24, 2.45) is 0 Å². The molecule has 1 heterocycles. The van der Waals surface area contributed by atoms with Gasteiger partial charge in [0.1, 0.15) is 6.61 Å². The summed E-state index contributed by atoms with van der Waals surface area (Å²) in [7, 11) is 0. The van der Waals surface area contributed by atoms with E-state index in [1.54, 1.807) is 6.07 Å². The van der Waals surface area contributed by atoms with Gasteiger partial charge in [0.15, 0.2) is 11.9 Å². The van der Waals surface area contributed by atoms with Crippen LogP contribution < -0.4 is 4.74 Å². The summed E-state index contributed by atoms with van der Waals surface area (Å²) in [6.07, 6.45) is 1.35. The van der Waals surface area contributed by atoms with E-state index >= 15 is 0 Å². The third-order valence-electron chi connectivity index (χ3n) is 2.43. The topological polar surface area (TPSA) is 65.3 Å². The highest BCUT2D eigenvalue weighted by Crippen LogP contribution is 2.15. The molecule has 2 aromatic rings. The minimum absolute atomic E-state index is 0.183. The number of ether oxygens (including phenoxy) is 1. The van der Waals surface area contributed by atoms with Crippen LogP contribution in [0.25, 0.3) is 0 Å². The van der Waals surface area contributed by atoms with Crippen LogP contribution in [0.2, 0.25) is 0 Å². The zero-order chi connectivity index (χ0) is 13.0. The predicted octanol–water partition coefficient (Wildman–Crippen LogP) is 2.88. The van der Waals surface area contributed by atoms with Crippen molar-refractivity contribution in [3.8, 4) is 5.75 Å². The molecule has 0 atom stereocenters. The van der Waals surface area contributed by atoms with Crippen LogP contribution in [0, 0.1) is 17.0 Å². The Labute approximate surface area is 104 Å². The number of nitrogens with zero attached hydrogens (tertiary/aromatic N) is 2. The maximum atomic E-state index is 10.4. The van der Waals surface area contributed by atoms with Crippen LogP contribution in [0.15, 0.2) is 42.6 Å². The fourth-order valence-corrected chi connectivity index (χ4v) is 1.42. The van der Waals surface area contributed by atoms with Crippen LogP contribution in [0.4, 0.5) is 5.82 Å². The summed E-state index contributed by atoms with van der Waals surface area (Å²) >= 11 is 0. The van der Waals surface area contributed by atoms with Crippen molar-refractivity contribution < 1.29 is 9.66 Å². The lowest BCUT2D eigenvalue weighted by Gasteiger charge is -2.04. The van der Waals surface area contributed by atoms with Gasteiger partial charge < -0.3 is 14.9 Å². The van der Waals surface area contributed by atoms with Gasteiger partial charge in [0.25, 0.3) is 0 Å². The van der Waals surface area contributed by atoms with Crippen molar-refractivity contribution in [2.45, 2.75) is 13.5 Å². The quantitative estimate of drug-likeness (QED) is 0.612. The first-order valence-corrected chi connectivity index (χ1v) is 5.44. The summed E-state index contributed by atoms with van der Waals surface area (Å²) in [6, 6.07) is 10.8. The Morgan fingerprint density at radius 3 is 2.50 bits per heavy atom. The molecule has 0 aliphatic carbocycles. The number of nitro groups is 1. The van der Waals surface area contributed by atoms with Crippen LogP contribution in [-0.4, -0.2) is 9.91 Å². The first kappa shape index (κ1) is 12.0. The van der Waals surface area contributed by atoms with Crippen molar-refractivity contribution in [3.05, 3.63) is 63.8 Å². The second-order valence-corrected chi connectivity index (χ2v) is 3.88. The number of hydrogen-bond acceptors (Lipinski definition) is 4. The predicted molar refractivity (Wildman–Crippen MR) is 66.4 cm³/mol. The minimum Gasteiger partial charge on any atom is -0.485 e. The maximum absolute atomic E-state index is 10.4. The van der Waals surface area contributed by atoms with Crippen molar-refractivity contribution >= 4 is 5.82 Å². The Kier molecular flexibility index (Phi) is 3.52. The van der Waals surface area contributed by atoms with E-state index in [1.165, 1.54) is 17.8 Å². The van der Waals surface area contributed by atoms with Crippen molar-refractivity contribution in [1.82, 2.24) is 4.98 Å². The average Bonchev–Trinajstić information content (AvgIpc) is 2.38. The second kappa shape index (κ2) is 5.27. The molecule has 5 nitrogen and oxygen atoms in total. The van der Waals surface area contributed by atoms with Crippen molar-refractivity contribution in [2.75, 3.05) is 0 Å². The van der Waals surface area contributed by atoms with Gasteiger partial charge in [-0.15, -0.1) is 0 Å². The summed E-state index contributed by atoms with van der Waals surface area (Å²) in [5.41, 5.74) is 2.23. The number of aromatic nitrogens is 1. The molecule has 0 bridgehead atoms. The SMILES string of the molecule is Cc1ccc(COc2ccc([N+](=O)[O-])nc2)cc1. The Morgan fingerprint density at radius 1 is 1.22 bits per heavy atom. The zero-order valence-corrected chi connectivity index (χ0v) is 9.87. The van der Waals surface area contributed by atoms with Gasteiger partial charge in [0, 0.05) is 6.07 Å². The largest absolute Gasteiger partial charge is 0.485 e. The molecule has 0 N–H and O–H groups in total. The molecule has 0 aliphatic heterocycles. The number of rotatable bonds is 4. The Balaban J connectivity index is 1.97. The van der Waals surface area contributed by atoms with E-state index in [4.69, 9.17) is 4.74 Å². The summed E-state index contributed by atoms with van der Waals surface area (Å²) in [5.74, 6) is 0.332. The molecule has 0 saturated heterocycles. The highest BCUT2D eigenvalue weighted by atomic mass is 16.6. The third-order valence-corrected chi connectivity index (χ3v) is 2.43. The average molecular weight is 244 g/mol. The molecule has 1 aromatic heterocycles. The minimum atomic E-state index is -0.538. The Morgan fingerprint density at radius 2 is 1.94 bits per heavy atom. The van der Waals surface area contributed by atoms with E-state index in [2.05, 4.69) is 4.98 Å². The third kappa shape index (κ3) is 3.04. The van der Waals surface area contributed by atoms with Crippen molar-refractivity contribution in [3.63, 3.8) is 0 Å². The molecule has 5 heteroatoms. The summed E-state index contributed by atoms with van der Waals surface area (Å²) < 4.78 is 5.48. The first-order chi connectivity index (χ1) is 8.65. The van der Waals surface area contributed by atoms with Gasteiger partial charge in [-0.3, -0.25) is 0 Å². The van der Waals surface area contributed by atoms with Crippen LogP contribution in [0.5, 0.6) is 5.75 Å². The van der Waals surface area contributed by atoms with E-state index in [9.17, 15) is 10.1 Å². The number of benzene rings is 1. The molecule has 92 valence electrons. The molecular weight excluding hydrogens is 232 g/mol. The summed E-state index contributed by atoms with van der Waals surface area (Å²) in [4.78, 5) is 13.6. The van der Waals surface area contributed by atoms with Gasteiger partial charge in [0.05, 0.1) is 0 Å². The van der Waals surface area contributed by atoms with Crippen LogP contribution in [0.1, 0.15) is 11.1 Å². The summed E-state index contributed by atoms with van der Waals surface area (Å²) in [5, 5.41) is 10.4. The smallest absolute Gasteiger partial charge is 0.363 e. The van der Waals surface area contributed by atoms with Gasteiger partial charge in [-0.1, -0.05) is 29.8 Å². The van der Waals surface area contributed by atoms with E-state index in [0.29, 0.717) is 12.4 Å². The van der Waals surface area contributed by atoms with Crippen LogP contribution in [-0.2, 0) is 6.61 Å². The molecular formula is C13H12N2O3. The maximum Gasteiger partial charge on any atom is 0.363 e. The molecule has 2 rings (SSSR count). The molecule has 0 unspecified atom stereocenters. The Hall–Kier alpha value is -2.43. The van der Waals surface area contributed by atoms with Gasteiger partial charge in [-0.05, 0) is 28.5 Å². The summed E-state index contributed by atoms with van der Waals surface area (Å²) in [6.45, 7) is 2.44. The number of hydrogen-bond donors (Lipinski definition) is 0. The zero-order valence-electron chi connectivity index (χ0n) is 9.87. The lowest BCUT2D eigenvalue weighted by Crippen LogP contribution is -1.97. The van der Waals surface area contributed by atoms with E-state index in [0.717, 1.165) is 5.56 Å². The number of pyridine rings is 1. The van der Waals surface area contributed by atoms with E-state index in [-0.39, 0.29) is 5.82 Å². The molecule has 0 fully saturated rings. The fraction of sp³-hybridized carbons (Fsp3) is 0.154. The fourth-order valence-electron chi connectivity index (χ4n) is 1.42. The molecule has 18 heavy (non-hydrogen) atoms. The molecule has 0 radical (unpaired) electrons. The molecule has 0 amide bonds. The second-order valence-electron chi connectivity index (χ2n) is 3.88. The molecule has 0 spiro atoms. The highest BCUT2D eigenvalue weighted by Gasteiger charge is 2.06. The van der Waals surface area contributed by atoms with Gasteiger partial charge in [0.2, 0.25) is 0 Å². The van der Waals surface area contributed by atoms with Crippen LogP contribution >= 0.6 is 0 Å².